The number of benzene rings is 1. The van der Waals surface area contributed by atoms with Crippen molar-refractivity contribution in [3.63, 3.8) is 0 Å². The van der Waals surface area contributed by atoms with Crippen molar-refractivity contribution >= 4 is 29.2 Å². The minimum Gasteiger partial charge on any atom is -0.368 e. The first-order valence-corrected chi connectivity index (χ1v) is 11.9. The number of H-pyrrole nitrogens is 1. The second kappa shape index (κ2) is 9.39. The van der Waals surface area contributed by atoms with Gasteiger partial charge in [0.1, 0.15) is 0 Å². The lowest BCUT2D eigenvalue weighted by Gasteiger charge is -2.36. The minimum atomic E-state index is -0.172. The van der Waals surface area contributed by atoms with Gasteiger partial charge in [0.2, 0.25) is 11.9 Å². The normalized spacial score (nSPS) is 16.8. The summed E-state index contributed by atoms with van der Waals surface area (Å²) in [6.45, 7) is 7.14. The Morgan fingerprint density at radius 1 is 0.879 bits per heavy atom. The van der Waals surface area contributed by atoms with E-state index in [0.717, 1.165) is 67.2 Å². The quantitative estimate of drug-likeness (QED) is 0.631. The van der Waals surface area contributed by atoms with E-state index < -0.39 is 0 Å². The van der Waals surface area contributed by atoms with Crippen LogP contribution in [0, 0.1) is 6.92 Å². The highest BCUT2D eigenvalue weighted by Gasteiger charge is 2.21. The molecule has 33 heavy (non-hydrogen) atoms. The molecule has 0 bridgehead atoms. The Labute approximate surface area is 198 Å². The van der Waals surface area contributed by atoms with Crippen LogP contribution in [-0.2, 0) is 0 Å². The summed E-state index contributed by atoms with van der Waals surface area (Å²) in [5.41, 5.74) is 3.21. The van der Waals surface area contributed by atoms with Crippen molar-refractivity contribution in [2.24, 2.45) is 0 Å². The van der Waals surface area contributed by atoms with Crippen molar-refractivity contribution in [2.45, 2.75) is 26.2 Å². The number of nitrogens with one attached hydrogen (secondary N) is 1. The van der Waals surface area contributed by atoms with Gasteiger partial charge in [0.05, 0.1) is 11.4 Å². The van der Waals surface area contributed by atoms with Crippen LogP contribution in [0.15, 0.2) is 41.3 Å². The van der Waals surface area contributed by atoms with Crippen LogP contribution in [0.1, 0.15) is 25.0 Å². The van der Waals surface area contributed by atoms with Gasteiger partial charge in [-0.2, -0.15) is 0 Å². The molecule has 0 aliphatic carbocycles. The molecule has 1 aromatic carbocycles. The Hall–Kier alpha value is -3.13. The third kappa shape index (κ3) is 4.80. The van der Waals surface area contributed by atoms with E-state index in [1.54, 1.807) is 6.20 Å². The summed E-state index contributed by atoms with van der Waals surface area (Å²) in [6.07, 6.45) is 5.42. The fraction of sp³-hybridized carbons (Fsp3) is 0.417. The number of aryl methyl sites for hydroxylation is 1. The molecule has 2 aliphatic rings. The third-order valence-corrected chi connectivity index (χ3v) is 6.63. The van der Waals surface area contributed by atoms with Crippen molar-refractivity contribution in [3.8, 4) is 11.3 Å². The first-order valence-electron chi connectivity index (χ1n) is 11.5. The summed E-state index contributed by atoms with van der Waals surface area (Å²) in [5, 5.41) is 0.735. The van der Waals surface area contributed by atoms with Gasteiger partial charge in [-0.05, 0) is 50.5 Å². The minimum absolute atomic E-state index is 0.172. The summed E-state index contributed by atoms with van der Waals surface area (Å²) in [6, 6.07) is 9.42. The van der Waals surface area contributed by atoms with E-state index in [9.17, 15) is 4.79 Å². The molecule has 1 N–H and O–H groups in total. The highest BCUT2D eigenvalue weighted by Crippen LogP contribution is 2.24. The number of piperidine rings is 1. The van der Waals surface area contributed by atoms with Crippen LogP contribution in [0.5, 0.6) is 0 Å². The molecule has 9 heteroatoms. The predicted molar refractivity (Wildman–Crippen MR) is 133 cm³/mol. The second-order valence-electron chi connectivity index (χ2n) is 8.62. The van der Waals surface area contributed by atoms with Gasteiger partial charge in [-0.3, -0.25) is 9.78 Å². The van der Waals surface area contributed by atoms with E-state index in [4.69, 9.17) is 21.6 Å². The van der Waals surface area contributed by atoms with Crippen molar-refractivity contribution < 1.29 is 0 Å². The Balaban J connectivity index is 1.33. The summed E-state index contributed by atoms with van der Waals surface area (Å²) >= 11 is 6.01. The van der Waals surface area contributed by atoms with E-state index in [-0.39, 0.29) is 5.56 Å². The van der Waals surface area contributed by atoms with Gasteiger partial charge in [-0.1, -0.05) is 11.6 Å². The van der Waals surface area contributed by atoms with Gasteiger partial charge in [-0.25, -0.2) is 15.0 Å². The van der Waals surface area contributed by atoms with Crippen molar-refractivity contribution in [1.82, 2.24) is 19.9 Å². The third-order valence-electron chi connectivity index (χ3n) is 6.38. The van der Waals surface area contributed by atoms with Crippen molar-refractivity contribution in [3.05, 3.63) is 57.6 Å². The van der Waals surface area contributed by atoms with Crippen LogP contribution in [-0.4, -0.2) is 59.2 Å². The molecule has 2 aliphatic heterocycles. The number of anilines is 3. The molecule has 2 fully saturated rings. The number of aromatic nitrogens is 4. The largest absolute Gasteiger partial charge is 0.368 e. The lowest BCUT2D eigenvalue weighted by atomic mass is 10.1. The molecule has 2 aromatic heterocycles. The average molecular weight is 466 g/mol. The Bertz CT molecular complexity index is 1170. The van der Waals surface area contributed by atoms with Gasteiger partial charge in [-0.15, -0.1) is 0 Å². The molecular formula is C24H28ClN7O. The van der Waals surface area contributed by atoms with Gasteiger partial charge < -0.3 is 14.7 Å². The van der Waals surface area contributed by atoms with Crippen molar-refractivity contribution in [2.75, 3.05) is 54.0 Å². The Morgan fingerprint density at radius 3 is 2.27 bits per heavy atom. The second-order valence-corrected chi connectivity index (χ2v) is 9.06. The van der Waals surface area contributed by atoms with Gasteiger partial charge >= 0.3 is 0 Å². The number of rotatable bonds is 4. The highest BCUT2D eigenvalue weighted by atomic mass is 35.5. The predicted octanol–water partition coefficient (Wildman–Crippen LogP) is 3.51. The van der Waals surface area contributed by atoms with Gasteiger partial charge in [0, 0.05) is 67.8 Å². The van der Waals surface area contributed by atoms with E-state index in [2.05, 4.69) is 24.7 Å². The zero-order chi connectivity index (χ0) is 22.8. The summed E-state index contributed by atoms with van der Waals surface area (Å²) in [4.78, 5) is 36.2. The molecule has 0 spiro atoms. The SMILES string of the molecule is Cc1nc(N2CCCCC2)ncc1-c1cc(=O)[nH]c(N2CCN(c3ccc(Cl)cc3)CC2)n1. The molecule has 2 saturated heterocycles. The molecule has 4 heterocycles. The lowest BCUT2D eigenvalue weighted by Crippen LogP contribution is -2.47. The topological polar surface area (TPSA) is 81.2 Å². The summed E-state index contributed by atoms with van der Waals surface area (Å²) in [7, 11) is 0. The zero-order valence-electron chi connectivity index (χ0n) is 18.8. The molecule has 0 saturated carbocycles. The number of hydrogen-bond donors (Lipinski definition) is 1. The van der Waals surface area contributed by atoms with E-state index >= 15 is 0 Å². The molecule has 0 atom stereocenters. The molecular weight excluding hydrogens is 438 g/mol. The zero-order valence-corrected chi connectivity index (χ0v) is 19.6. The van der Waals surface area contributed by atoms with Crippen LogP contribution < -0.4 is 20.3 Å². The molecule has 3 aromatic rings. The van der Waals surface area contributed by atoms with Crippen LogP contribution in [0.25, 0.3) is 11.3 Å². The highest BCUT2D eigenvalue weighted by molar-refractivity contribution is 6.30. The van der Waals surface area contributed by atoms with Crippen LogP contribution in [0.2, 0.25) is 5.02 Å². The maximum Gasteiger partial charge on any atom is 0.252 e. The van der Waals surface area contributed by atoms with Gasteiger partial charge in [0.15, 0.2) is 0 Å². The molecule has 0 radical (unpaired) electrons. The van der Waals surface area contributed by atoms with Crippen LogP contribution in [0.3, 0.4) is 0 Å². The molecule has 5 rings (SSSR count). The molecule has 0 amide bonds. The molecule has 8 nitrogen and oxygen atoms in total. The monoisotopic (exact) mass is 465 g/mol. The van der Waals surface area contributed by atoms with Crippen LogP contribution in [0.4, 0.5) is 17.6 Å². The number of hydrogen-bond acceptors (Lipinski definition) is 7. The number of nitrogens with zero attached hydrogens (tertiary/aromatic N) is 6. The van der Waals surface area contributed by atoms with Crippen molar-refractivity contribution in [1.29, 1.82) is 0 Å². The summed E-state index contributed by atoms with van der Waals surface area (Å²) in [5.74, 6) is 1.35. The standard InChI is InChI=1S/C24H28ClN7O/c1-17-20(16-26-23(27-17)31-9-3-2-4-10-31)21-15-22(33)29-24(28-21)32-13-11-30(12-14-32)19-7-5-18(25)6-8-19/h5-8,15-16H,2-4,9-14H2,1H3,(H,28,29,33). The first kappa shape index (κ1) is 21.7. The molecule has 172 valence electrons. The fourth-order valence-electron chi connectivity index (χ4n) is 4.51. The smallest absolute Gasteiger partial charge is 0.252 e. The Kier molecular flexibility index (Phi) is 6.17. The fourth-order valence-corrected chi connectivity index (χ4v) is 4.64. The lowest BCUT2D eigenvalue weighted by molar-refractivity contribution is 0.568. The van der Waals surface area contributed by atoms with E-state index in [1.165, 1.54) is 25.3 Å². The molecule has 0 unspecified atom stereocenters. The maximum absolute atomic E-state index is 12.5. The van der Waals surface area contributed by atoms with E-state index in [0.29, 0.717) is 11.6 Å². The number of aromatic amines is 1. The number of piperazine rings is 1. The Morgan fingerprint density at radius 2 is 1.58 bits per heavy atom. The van der Waals surface area contributed by atoms with Gasteiger partial charge in [0.25, 0.3) is 5.56 Å². The first-order chi connectivity index (χ1) is 16.1. The number of halogens is 1. The summed E-state index contributed by atoms with van der Waals surface area (Å²) < 4.78 is 0. The van der Waals surface area contributed by atoms with E-state index in [1.807, 2.05) is 31.2 Å². The van der Waals surface area contributed by atoms with Crippen LogP contribution >= 0.6 is 11.6 Å². The average Bonchev–Trinajstić information content (AvgIpc) is 2.85. The maximum atomic E-state index is 12.5.